The highest BCUT2D eigenvalue weighted by molar-refractivity contribution is 6.00. The molecular formula is C23H25N5O4. The number of ether oxygens (including phenoxy) is 2. The number of hydrogen-bond donors (Lipinski definition) is 2. The van der Waals surface area contributed by atoms with Crippen LogP contribution in [0.1, 0.15) is 35.6 Å². The highest BCUT2D eigenvalue weighted by Gasteiger charge is 2.51. The van der Waals surface area contributed by atoms with Gasteiger partial charge in [0.25, 0.3) is 0 Å². The summed E-state index contributed by atoms with van der Waals surface area (Å²) in [4.78, 5) is 20.1. The van der Waals surface area contributed by atoms with Gasteiger partial charge >= 0.3 is 0 Å². The number of amides is 1. The van der Waals surface area contributed by atoms with E-state index in [1.54, 1.807) is 30.3 Å². The molecule has 0 fully saturated rings. The Morgan fingerprint density at radius 1 is 1.34 bits per heavy atom. The molecule has 0 aromatic heterocycles. The Balaban J connectivity index is 1.98. The first-order valence-corrected chi connectivity index (χ1v) is 10.2. The number of rotatable bonds is 11. The van der Waals surface area contributed by atoms with Gasteiger partial charge in [0, 0.05) is 29.9 Å². The molecule has 1 aliphatic heterocycles. The van der Waals surface area contributed by atoms with Gasteiger partial charge in [-0.05, 0) is 40.9 Å². The highest BCUT2D eigenvalue weighted by Crippen LogP contribution is 2.43. The van der Waals surface area contributed by atoms with Gasteiger partial charge in [-0.2, -0.15) is 0 Å². The van der Waals surface area contributed by atoms with Gasteiger partial charge < -0.3 is 20.3 Å². The van der Waals surface area contributed by atoms with E-state index in [-0.39, 0.29) is 25.5 Å². The van der Waals surface area contributed by atoms with E-state index >= 15 is 0 Å². The minimum Gasteiger partial charge on any atom is -0.494 e. The Bertz CT molecular complexity index is 1050. The van der Waals surface area contributed by atoms with Crippen LogP contribution >= 0.6 is 0 Å². The summed E-state index contributed by atoms with van der Waals surface area (Å²) < 4.78 is 11.8. The molecule has 0 saturated heterocycles. The van der Waals surface area contributed by atoms with Crippen LogP contribution in [0.15, 0.2) is 71.3 Å². The summed E-state index contributed by atoms with van der Waals surface area (Å²) >= 11 is 0. The predicted octanol–water partition coefficient (Wildman–Crippen LogP) is 3.58. The molecule has 1 aliphatic rings. The average molecular weight is 435 g/mol. The summed E-state index contributed by atoms with van der Waals surface area (Å²) in [6, 6.07) is 14.3. The van der Waals surface area contributed by atoms with Crippen LogP contribution in [-0.4, -0.2) is 35.7 Å². The van der Waals surface area contributed by atoms with E-state index in [0.717, 1.165) is 0 Å². The number of aliphatic hydroxyl groups is 1. The van der Waals surface area contributed by atoms with E-state index in [1.807, 2.05) is 24.3 Å². The second-order valence-electron chi connectivity index (χ2n) is 7.23. The zero-order valence-electron chi connectivity index (χ0n) is 17.6. The zero-order valence-corrected chi connectivity index (χ0v) is 17.6. The summed E-state index contributed by atoms with van der Waals surface area (Å²) in [5.74, 6) is 0.278. The topological polar surface area (TPSA) is 143 Å². The molecule has 0 aliphatic carbocycles. The minimum absolute atomic E-state index is 0.0593. The van der Waals surface area contributed by atoms with E-state index in [2.05, 4.69) is 21.6 Å². The Labute approximate surface area is 185 Å². The maximum Gasteiger partial charge on any atom is 0.250 e. The SMILES string of the molecule is C=CC[C@@]1(C(N)=O)N=C(c2ccc(OCCCO)cc2)O[C@@H]1c1ccccc1CN=[N+]=[N-]. The molecule has 3 rings (SSSR count). The predicted molar refractivity (Wildman–Crippen MR) is 120 cm³/mol. The third-order valence-corrected chi connectivity index (χ3v) is 5.16. The van der Waals surface area contributed by atoms with Crippen LogP contribution in [0.2, 0.25) is 0 Å². The number of nitrogens with two attached hydrogens (primary N) is 1. The van der Waals surface area contributed by atoms with Gasteiger partial charge in [0.15, 0.2) is 11.6 Å². The number of azide groups is 1. The van der Waals surface area contributed by atoms with E-state index in [0.29, 0.717) is 35.5 Å². The number of primary amides is 1. The lowest BCUT2D eigenvalue weighted by Crippen LogP contribution is -2.45. The van der Waals surface area contributed by atoms with Gasteiger partial charge in [0.1, 0.15) is 5.75 Å². The molecule has 0 saturated carbocycles. The second kappa shape index (κ2) is 10.5. The van der Waals surface area contributed by atoms with Crippen molar-refractivity contribution in [1.82, 2.24) is 0 Å². The summed E-state index contributed by atoms with van der Waals surface area (Å²) in [5, 5.41) is 12.5. The van der Waals surface area contributed by atoms with Crippen molar-refractivity contribution in [2.24, 2.45) is 15.8 Å². The smallest absolute Gasteiger partial charge is 0.250 e. The van der Waals surface area contributed by atoms with Crippen molar-refractivity contribution in [3.63, 3.8) is 0 Å². The van der Waals surface area contributed by atoms with Crippen molar-refractivity contribution >= 4 is 11.8 Å². The summed E-state index contributed by atoms with van der Waals surface area (Å²) in [6.45, 7) is 4.33. The molecule has 0 spiro atoms. The number of carbonyl (C=O) groups is 1. The molecule has 166 valence electrons. The Hall–Kier alpha value is -3.81. The van der Waals surface area contributed by atoms with Crippen molar-refractivity contribution in [2.45, 2.75) is 31.0 Å². The van der Waals surface area contributed by atoms with Gasteiger partial charge in [0.2, 0.25) is 11.8 Å². The number of hydrogen-bond acceptors (Lipinski definition) is 6. The molecule has 2 atom stereocenters. The van der Waals surface area contributed by atoms with Crippen molar-refractivity contribution in [2.75, 3.05) is 13.2 Å². The molecule has 0 bridgehead atoms. The van der Waals surface area contributed by atoms with Crippen molar-refractivity contribution in [3.8, 4) is 5.75 Å². The fraction of sp³-hybridized carbons (Fsp3) is 0.304. The third-order valence-electron chi connectivity index (χ3n) is 5.16. The molecule has 3 N–H and O–H groups in total. The summed E-state index contributed by atoms with van der Waals surface area (Å²) in [7, 11) is 0. The molecule has 2 aromatic carbocycles. The average Bonchev–Trinajstić information content (AvgIpc) is 3.19. The molecule has 0 unspecified atom stereocenters. The Kier molecular flexibility index (Phi) is 7.49. The van der Waals surface area contributed by atoms with Gasteiger partial charge in [-0.1, -0.05) is 35.5 Å². The van der Waals surface area contributed by atoms with Crippen molar-refractivity contribution < 1.29 is 19.4 Å². The van der Waals surface area contributed by atoms with Gasteiger partial charge in [-0.3, -0.25) is 4.79 Å². The van der Waals surface area contributed by atoms with Crippen LogP contribution < -0.4 is 10.5 Å². The molecule has 1 heterocycles. The highest BCUT2D eigenvalue weighted by atomic mass is 16.5. The first-order chi connectivity index (χ1) is 15.6. The van der Waals surface area contributed by atoms with E-state index in [1.165, 1.54) is 0 Å². The Morgan fingerprint density at radius 2 is 2.09 bits per heavy atom. The van der Waals surface area contributed by atoms with Crippen molar-refractivity contribution in [3.05, 3.63) is 88.3 Å². The van der Waals surface area contributed by atoms with Gasteiger partial charge in [-0.15, -0.1) is 6.58 Å². The lowest BCUT2D eigenvalue weighted by molar-refractivity contribution is -0.125. The number of carbonyl (C=O) groups excluding carboxylic acids is 1. The standard InChI is InChI=1S/C23H25N5O4/c1-2-12-23(22(24)30)20(19-7-4-3-6-17(19)15-26-28-25)32-21(27-23)16-8-10-18(11-9-16)31-14-5-13-29/h2-4,6-11,20,29H,1,5,12-15H2,(H2,24,30)/t20-,23-/m1/s1. The quantitative estimate of drug-likeness (QED) is 0.183. The third kappa shape index (κ3) is 4.74. The molecule has 1 amide bonds. The van der Waals surface area contributed by atoms with E-state index in [9.17, 15) is 4.79 Å². The molecule has 32 heavy (non-hydrogen) atoms. The maximum absolute atomic E-state index is 12.7. The van der Waals surface area contributed by atoms with Crippen LogP contribution in [0.5, 0.6) is 5.75 Å². The molecule has 0 radical (unpaired) electrons. The molecular weight excluding hydrogens is 410 g/mol. The number of benzene rings is 2. The lowest BCUT2D eigenvalue weighted by atomic mass is 9.83. The molecule has 2 aromatic rings. The molecule has 9 heteroatoms. The summed E-state index contributed by atoms with van der Waals surface area (Å²) in [6.07, 6.45) is 1.49. The van der Waals surface area contributed by atoms with Crippen LogP contribution in [0.25, 0.3) is 10.4 Å². The number of nitrogens with zero attached hydrogens (tertiary/aromatic N) is 4. The first kappa shape index (κ1) is 22.9. The normalized spacial score (nSPS) is 19.4. The fourth-order valence-electron chi connectivity index (χ4n) is 3.58. The van der Waals surface area contributed by atoms with Crippen LogP contribution in [0.3, 0.4) is 0 Å². The largest absolute Gasteiger partial charge is 0.494 e. The monoisotopic (exact) mass is 435 g/mol. The number of aliphatic hydroxyl groups excluding tert-OH is 1. The summed E-state index contributed by atoms with van der Waals surface area (Å²) in [5.41, 5.74) is 15.2. The van der Waals surface area contributed by atoms with Crippen LogP contribution in [-0.2, 0) is 16.1 Å². The van der Waals surface area contributed by atoms with E-state index in [4.69, 9.17) is 25.8 Å². The van der Waals surface area contributed by atoms with Crippen LogP contribution in [0.4, 0.5) is 0 Å². The number of aliphatic imine (C=N–C) groups is 1. The van der Waals surface area contributed by atoms with Gasteiger partial charge in [-0.25, -0.2) is 4.99 Å². The maximum atomic E-state index is 12.7. The Morgan fingerprint density at radius 3 is 2.75 bits per heavy atom. The fourth-order valence-corrected chi connectivity index (χ4v) is 3.58. The van der Waals surface area contributed by atoms with E-state index < -0.39 is 17.6 Å². The van der Waals surface area contributed by atoms with Crippen LogP contribution in [0, 0.1) is 0 Å². The second-order valence-corrected chi connectivity index (χ2v) is 7.23. The minimum atomic E-state index is -1.39. The lowest BCUT2D eigenvalue weighted by Gasteiger charge is -2.29. The zero-order chi connectivity index (χ0) is 23.0. The first-order valence-electron chi connectivity index (χ1n) is 10.2. The molecule has 9 nitrogen and oxygen atoms in total. The van der Waals surface area contributed by atoms with Gasteiger partial charge in [0.05, 0.1) is 13.2 Å². The van der Waals surface area contributed by atoms with Crippen molar-refractivity contribution in [1.29, 1.82) is 0 Å².